The number of piperidine rings is 1. The molecule has 0 radical (unpaired) electrons. The maximum absolute atomic E-state index is 12.9. The quantitative estimate of drug-likeness (QED) is 0.671. The van der Waals surface area contributed by atoms with Crippen molar-refractivity contribution in [2.45, 2.75) is 56.2 Å². The van der Waals surface area contributed by atoms with E-state index >= 15 is 0 Å². The van der Waals surface area contributed by atoms with Gasteiger partial charge in [0.1, 0.15) is 4.21 Å². The van der Waals surface area contributed by atoms with Gasteiger partial charge in [0, 0.05) is 37.0 Å². The Kier molecular flexibility index (Phi) is 9.54. The highest BCUT2D eigenvalue weighted by Crippen LogP contribution is 2.29. The number of amides is 1. The van der Waals surface area contributed by atoms with E-state index in [1.54, 1.807) is 10.4 Å². The Labute approximate surface area is 167 Å². The molecular formula is C17H30ClN3O3S2. The van der Waals surface area contributed by atoms with E-state index in [0.717, 1.165) is 24.1 Å². The summed E-state index contributed by atoms with van der Waals surface area (Å²) < 4.78 is 27.7. The van der Waals surface area contributed by atoms with Crippen molar-refractivity contribution in [2.24, 2.45) is 11.7 Å². The van der Waals surface area contributed by atoms with Crippen molar-refractivity contribution in [3.05, 3.63) is 17.0 Å². The highest BCUT2D eigenvalue weighted by molar-refractivity contribution is 7.91. The van der Waals surface area contributed by atoms with Gasteiger partial charge in [0.15, 0.2) is 0 Å². The van der Waals surface area contributed by atoms with Crippen LogP contribution < -0.4 is 11.1 Å². The lowest BCUT2D eigenvalue weighted by molar-refractivity contribution is -0.121. The van der Waals surface area contributed by atoms with Gasteiger partial charge in [0.25, 0.3) is 10.0 Å². The lowest BCUT2D eigenvalue weighted by Crippen LogP contribution is -2.47. The highest BCUT2D eigenvalue weighted by atomic mass is 35.5. The SMILES string of the molecule is CC(C)CC(=O)NCCc1ccc(S(=O)(=O)N2CCCCC2CN)s1.Cl. The van der Waals surface area contributed by atoms with Crippen molar-refractivity contribution in [3.63, 3.8) is 0 Å². The van der Waals surface area contributed by atoms with Crippen LogP contribution in [-0.4, -0.2) is 44.3 Å². The van der Waals surface area contributed by atoms with Gasteiger partial charge < -0.3 is 11.1 Å². The highest BCUT2D eigenvalue weighted by Gasteiger charge is 2.33. The Morgan fingerprint density at radius 3 is 2.77 bits per heavy atom. The molecule has 0 bridgehead atoms. The first-order valence-electron chi connectivity index (χ1n) is 8.92. The molecule has 0 aromatic carbocycles. The predicted octanol–water partition coefficient (Wildman–Crippen LogP) is 2.38. The smallest absolute Gasteiger partial charge is 0.252 e. The van der Waals surface area contributed by atoms with E-state index < -0.39 is 10.0 Å². The molecule has 1 fully saturated rings. The maximum Gasteiger partial charge on any atom is 0.252 e. The fourth-order valence-electron chi connectivity index (χ4n) is 3.04. The lowest BCUT2D eigenvalue weighted by Gasteiger charge is -2.33. The zero-order valence-electron chi connectivity index (χ0n) is 15.4. The van der Waals surface area contributed by atoms with Crippen molar-refractivity contribution >= 4 is 39.7 Å². The summed E-state index contributed by atoms with van der Waals surface area (Å²) in [5, 5.41) is 2.88. The minimum absolute atomic E-state index is 0. The molecule has 150 valence electrons. The number of hydrogen-bond donors (Lipinski definition) is 2. The van der Waals surface area contributed by atoms with E-state index in [2.05, 4.69) is 5.32 Å². The van der Waals surface area contributed by atoms with Gasteiger partial charge in [-0.2, -0.15) is 4.31 Å². The molecule has 0 aliphatic carbocycles. The summed E-state index contributed by atoms with van der Waals surface area (Å²) in [4.78, 5) is 12.6. The summed E-state index contributed by atoms with van der Waals surface area (Å²) in [5.74, 6) is 0.372. The standard InChI is InChI=1S/C17H29N3O3S2.ClH/c1-13(2)11-16(21)19-9-8-15-6-7-17(24-15)25(22,23)20-10-4-3-5-14(20)12-18;/h6-7,13-14H,3-5,8-12,18H2,1-2H3,(H,19,21);1H. The van der Waals surface area contributed by atoms with Crippen molar-refractivity contribution in [3.8, 4) is 0 Å². The molecule has 9 heteroatoms. The van der Waals surface area contributed by atoms with Crippen molar-refractivity contribution in [2.75, 3.05) is 19.6 Å². The number of halogens is 1. The number of carbonyl (C=O) groups is 1. The van der Waals surface area contributed by atoms with Crippen LogP contribution >= 0.6 is 23.7 Å². The van der Waals surface area contributed by atoms with E-state index in [9.17, 15) is 13.2 Å². The predicted molar refractivity (Wildman–Crippen MR) is 108 cm³/mol. The van der Waals surface area contributed by atoms with Crippen molar-refractivity contribution in [1.82, 2.24) is 9.62 Å². The van der Waals surface area contributed by atoms with Gasteiger partial charge >= 0.3 is 0 Å². The molecule has 0 spiro atoms. The third-order valence-electron chi connectivity index (χ3n) is 4.33. The molecule has 1 saturated heterocycles. The van der Waals surface area contributed by atoms with Crippen LogP contribution in [0.2, 0.25) is 0 Å². The molecule has 3 N–H and O–H groups in total. The third kappa shape index (κ3) is 6.20. The number of sulfonamides is 1. The number of carbonyl (C=O) groups excluding carboxylic acids is 1. The van der Waals surface area contributed by atoms with Crippen LogP contribution in [0.15, 0.2) is 16.3 Å². The summed E-state index contributed by atoms with van der Waals surface area (Å²) in [6, 6.07) is 3.42. The minimum Gasteiger partial charge on any atom is -0.356 e. The summed E-state index contributed by atoms with van der Waals surface area (Å²) >= 11 is 1.29. The molecular weight excluding hydrogens is 394 g/mol. The average Bonchev–Trinajstić information content (AvgIpc) is 3.03. The van der Waals surface area contributed by atoms with Gasteiger partial charge in [0.05, 0.1) is 0 Å². The Morgan fingerprint density at radius 1 is 1.38 bits per heavy atom. The van der Waals surface area contributed by atoms with E-state index in [0.29, 0.717) is 42.6 Å². The molecule has 2 rings (SSSR count). The van der Waals surface area contributed by atoms with Crippen LogP contribution in [0.4, 0.5) is 0 Å². The zero-order valence-corrected chi connectivity index (χ0v) is 17.9. The van der Waals surface area contributed by atoms with Crippen LogP contribution in [0.3, 0.4) is 0 Å². The monoisotopic (exact) mass is 423 g/mol. The zero-order chi connectivity index (χ0) is 18.4. The van der Waals surface area contributed by atoms with Crippen LogP contribution in [-0.2, 0) is 21.2 Å². The van der Waals surface area contributed by atoms with Gasteiger partial charge in [-0.3, -0.25) is 4.79 Å². The number of hydrogen-bond acceptors (Lipinski definition) is 5. The number of nitrogens with zero attached hydrogens (tertiary/aromatic N) is 1. The van der Waals surface area contributed by atoms with Crippen molar-refractivity contribution < 1.29 is 13.2 Å². The molecule has 1 aliphatic rings. The fraction of sp³-hybridized carbons (Fsp3) is 0.706. The number of nitrogens with two attached hydrogens (primary N) is 1. The first kappa shape index (κ1) is 23.4. The van der Waals surface area contributed by atoms with Crippen LogP contribution in [0.25, 0.3) is 0 Å². The lowest BCUT2D eigenvalue weighted by atomic mass is 10.1. The molecule has 1 atom stereocenters. The first-order chi connectivity index (χ1) is 11.8. The van der Waals surface area contributed by atoms with E-state index in [-0.39, 0.29) is 24.4 Å². The average molecular weight is 424 g/mol. The van der Waals surface area contributed by atoms with Gasteiger partial charge in [-0.25, -0.2) is 8.42 Å². The van der Waals surface area contributed by atoms with Gasteiger partial charge in [0.2, 0.25) is 5.91 Å². The number of rotatable bonds is 8. The largest absolute Gasteiger partial charge is 0.356 e. The molecule has 2 heterocycles. The second-order valence-corrected chi connectivity index (χ2v) is 10.2. The molecule has 1 aliphatic heterocycles. The number of nitrogens with one attached hydrogen (secondary N) is 1. The van der Waals surface area contributed by atoms with Crippen LogP contribution in [0.5, 0.6) is 0 Å². The molecule has 1 unspecified atom stereocenters. The van der Waals surface area contributed by atoms with E-state index in [4.69, 9.17) is 5.73 Å². The fourth-order valence-corrected chi connectivity index (χ4v) is 6.23. The Hall–Kier alpha value is -0.670. The normalized spacial score (nSPS) is 18.5. The van der Waals surface area contributed by atoms with Gasteiger partial charge in [-0.05, 0) is 37.3 Å². The first-order valence-corrected chi connectivity index (χ1v) is 11.2. The summed E-state index contributed by atoms with van der Waals surface area (Å²) in [5.41, 5.74) is 5.76. The number of thiophene rings is 1. The second-order valence-electron chi connectivity index (χ2n) is 6.92. The summed E-state index contributed by atoms with van der Waals surface area (Å²) in [6.45, 7) is 5.44. The third-order valence-corrected chi connectivity index (χ3v) is 7.90. The Balaban J connectivity index is 0.00000338. The summed E-state index contributed by atoms with van der Waals surface area (Å²) in [7, 11) is -3.48. The topological polar surface area (TPSA) is 92.5 Å². The van der Waals surface area contributed by atoms with Crippen LogP contribution in [0, 0.1) is 5.92 Å². The summed E-state index contributed by atoms with van der Waals surface area (Å²) in [6.07, 6.45) is 3.90. The molecule has 1 amide bonds. The molecule has 6 nitrogen and oxygen atoms in total. The van der Waals surface area contributed by atoms with E-state index in [1.165, 1.54) is 11.3 Å². The van der Waals surface area contributed by atoms with Crippen LogP contribution in [0.1, 0.15) is 44.4 Å². The second kappa shape index (κ2) is 10.6. The molecule has 0 saturated carbocycles. The van der Waals surface area contributed by atoms with Gasteiger partial charge in [-0.15, -0.1) is 23.7 Å². The molecule has 1 aromatic heterocycles. The maximum atomic E-state index is 12.9. The Morgan fingerprint density at radius 2 is 2.12 bits per heavy atom. The van der Waals surface area contributed by atoms with Gasteiger partial charge in [-0.1, -0.05) is 20.3 Å². The molecule has 26 heavy (non-hydrogen) atoms. The van der Waals surface area contributed by atoms with E-state index in [1.807, 2.05) is 19.9 Å². The van der Waals surface area contributed by atoms with Crippen molar-refractivity contribution in [1.29, 1.82) is 0 Å². The minimum atomic E-state index is -3.48. The molecule has 1 aromatic rings. The Bertz CT molecular complexity index is 677.